The van der Waals surface area contributed by atoms with Crippen molar-refractivity contribution in [1.29, 1.82) is 0 Å². The molecule has 0 rings (SSSR count). The van der Waals surface area contributed by atoms with E-state index in [1.54, 1.807) is 0 Å². The molecule has 0 heterocycles. The summed E-state index contributed by atoms with van der Waals surface area (Å²) in [5.41, 5.74) is 0. The molecule has 1 nitrogen and oxygen atoms in total. The first kappa shape index (κ1) is 9.28. The van der Waals surface area contributed by atoms with Crippen molar-refractivity contribution in [3.63, 3.8) is 0 Å². The van der Waals surface area contributed by atoms with E-state index in [2.05, 4.69) is 24.1 Å². The summed E-state index contributed by atoms with van der Waals surface area (Å²) in [5, 5.41) is 0. The number of hydrogen-bond acceptors (Lipinski definition) is 1. The molecule has 0 spiro atoms. The zero-order valence-electron chi connectivity index (χ0n) is 7.17. The molecular weight excluding hydrogens is 122 g/mol. The predicted octanol–water partition coefficient (Wildman–Crippen LogP) is 2.77. The first-order valence-electron chi connectivity index (χ1n) is 3.82. The minimum absolute atomic E-state index is 1.17. The van der Waals surface area contributed by atoms with Gasteiger partial charge >= 0.3 is 0 Å². The van der Waals surface area contributed by atoms with E-state index < -0.39 is 0 Å². The van der Waals surface area contributed by atoms with E-state index in [1.165, 1.54) is 12.8 Å². The van der Waals surface area contributed by atoms with Gasteiger partial charge in [0.1, 0.15) is 0 Å². The second kappa shape index (κ2) is 6.40. The molecule has 0 saturated carbocycles. The maximum Gasteiger partial charge on any atom is 0.0106 e. The fourth-order valence-corrected chi connectivity index (χ4v) is 0.692. The molecule has 0 bridgehead atoms. The van der Waals surface area contributed by atoms with Crippen LogP contribution in [0, 0.1) is 0 Å². The average molecular weight is 139 g/mol. The van der Waals surface area contributed by atoms with Gasteiger partial charge in [-0.05, 0) is 25.7 Å². The van der Waals surface area contributed by atoms with E-state index in [0.29, 0.717) is 0 Å². The molecule has 10 heavy (non-hydrogen) atoms. The summed E-state index contributed by atoms with van der Waals surface area (Å²) in [6, 6.07) is 0. The summed E-state index contributed by atoms with van der Waals surface area (Å²) in [6.07, 6.45) is 10.7. The standard InChI is InChI=1S/C9H17N/c1-4-6-7-9-10(3)8-5-2/h5,7-9H,4,6H2,1-3H3. The molecule has 0 fully saturated rings. The SMILES string of the molecule is CC=CN(C)C=CCCC. The Bertz CT molecular complexity index is 114. The number of hydrogen-bond donors (Lipinski definition) is 0. The average Bonchev–Trinajstić information content (AvgIpc) is 1.89. The van der Waals surface area contributed by atoms with E-state index in [9.17, 15) is 0 Å². The number of allylic oxidation sites excluding steroid dienone is 2. The van der Waals surface area contributed by atoms with Crippen LogP contribution in [0.4, 0.5) is 0 Å². The Balaban J connectivity index is 3.45. The lowest BCUT2D eigenvalue weighted by Crippen LogP contribution is -1.98. The van der Waals surface area contributed by atoms with Gasteiger partial charge in [-0.15, -0.1) is 0 Å². The summed E-state index contributed by atoms with van der Waals surface area (Å²) in [5.74, 6) is 0. The van der Waals surface area contributed by atoms with Crippen LogP contribution in [-0.4, -0.2) is 11.9 Å². The normalized spacial score (nSPS) is 11.5. The second-order valence-electron chi connectivity index (χ2n) is 2.32. The molecule has 1 heteroatoms. The van der Waals surface area contributed by atoms with Crippen molar-refractivity contribution >= 4 is 0 Å². The molecule has 0 aromatic rings. The van der Waals surface area contributed by atoms with Crippen molar-refractivity contribution in [1.82, 2.24) is 4.90 Å². The summed E-state index contributed by atoms with van der Waals surface area (Å²) in [4.78, 5) is 2.05. The van der Waals surface area contributed by atoms with Crippen molar-refractivity contribution in [2.24, 2.45) is 0 Å². The van der Waals surface area contributed by atoms with Crippen molar-refractivity contribution in [3.05, 3.63) is 24.6 Å². The van der Waals surface area contributed by atoms with Gasteiger partial charge in [0, 0.05) is 7.05 Å². The summed E-state index contributed by atoms with van der Waals surface area (Å²) < 4.78 is 0. The minimum atomic E-state index is 1.17. The molecule has 0 atom stereocenters. The zero-order valence-corrected chi connectivity index (χ0v) is 7.17. The van der Waals surface area contributed by atoms with Crippen LogP contribution in [-0.2, 0) is 0 Å². The smallest absolute Gasteiger partial charge is 0.0106 e. The summed E-state index contributed by atoms with van der Waals surface area (Å²) in [6.45, 7) is 4.20. The molecule has 0 saturated heterocycles. The van der Waals surface area contributed by atoms with Gasteiger partial charge in [0.25, 0.3) is 0 Å². The fraction of sp³-hybridized carbons (Fsp3) is 0.556. The van der Waals surface area contributed by atoms with E-state index in [-0.39, 0.29) is 0 Å². The van der Waals surface area contributed by atoms with Crippen LogP contribution < -0.4 is 0 Å². The van der Waals surface area contributed by atoms with Crippen molar-refractivity contribution in [2.75, 3.05) is 7.05 Å². The quantitative estimate of drug-likeness (QED) is 0.579. The van der Waals surface area contributed by atoms with E-state index in [1.807, 2.05) is 26.2 Å². The highest BCUT2D eigenvalue weighted by molar-refractivity contribution is 4.87. The molecule has 0 N–H and O–H groups in total. The minimum Gasteiger partial charge on any atom is -0.358 e. The van der Waals surface area contributed by atoms with Crippen LogP contribution in [0.5, 0.6) is 0 Å². The molecule has 0 unspecified atom stereocenters. The highest BCUT2D eigenvalue weighted by Gasteiger charge is 1.78. The van der Waals surface area contributed by atoms with Crippen LogP contribution in [0.25, 0.3) is 0 Å². The van der Waals surface area contributed by atoms with Crippen molar-refractivity contribution in [3.8, 4) is 0 Å². The Morgan fingerprint density at radius 3 is 2.50 bits per heavy atom. The van der Waals surface area contributed by atoms with Gasteiger partial charge in [-0.2, -0.15) is 0 Å². The molecule has 0 aromatic carbocycles. The van der Waals surface area contributed by atoms with Crippen molar-refractivity contribution < 1.29 is 0 Å². The fourth-order valence-electron chi connectivity index (χ4n) is 0.692. The number of unbranched alkanes of at least 4 members (excludes halogenated alkanes) is 1. The van der Waals surface area contributed by atoms with Crippen LogP contribution in [0.15, 0.2) is 24.6 Å². The molecule has 0 aromatic heterocycles. The number of nitrogens with zero attached hydrogens (tertiary/aromatic N) is 1. The Kier molecular flexibility index (Phi) is 5.94. The first-order chi connectivity index (χ1) is 4.81. The van der Waals surface area contributed by atoms with E-state index in [0.717, 1.165) is 0 Å². The lowest BCUT2D eigenvalue weighted by Gasteiger charge is -2.04. The molecule has 58 valence electrons. The Labute approximate surface area is 64.0 Å². The van der Waals surface area contributed by atoms with Crippen LogP contribution >= 0.6 is 0 Å². The third-order valence-electron chi connectivity index (χ3n) is 1.18. The van der Waals surface area contributed by atoms with Gasteiger partial charge in [-0.3, -0.25) is 0 Å². The topological polar surface area (TPSA) is 3.24 Å². The highest BCUT2D eigenvalue weighted by Crippen LogP contribution is 1.91. The number of rotatable bonds is 4. The highest BCUT2D eigenvalue weighted by atomic mass is 15.0. The molecule has 0 aliphatic carbocycles. The van der Waals surface area contributed by atoms with E-state index in [4.69, 9.17) is 0 Å². The maximum absolute atomic E-state index is 2.18. The third-order valence-corrected chi connectivity index (χ3v) is 1.18. The van der Waals surface area contributed by atoms with Crippen LogP contribution in [0.2, 0.25) is 0 Å². The van der Waals surface area contributed by atoms with Gasteiger partial charge in [-0.1, -0.05) is 25.5 Å². The monoisotopic (exact) mass is 139 g/mol. The van der Waals surface area contributed by atoms with Crippen LogP contribution in [0.3, 0.4) is 0 Å². The van der Waals surface area contributed by atoms with Crippen LogP contribution in [0.1, 0.15) is 26.7 Å². The first-order valence-corrected chi connectivity index (χ1v) is 3.82. The largest absolute Gasteiger partial charge is 0.358 e. The molecule has 0 aliphatic rings. The lowest BCUT2D eigenvalue weighted by atomic mass is 10.3. The maximum atomic E-state index is 2.18. The molecule has 0 amide bonds. The Morgan fingerprint density at radius 2 is 2.00 bits per heavy atom. The van der Waals surface area contributed by atoms with Crippen molar-refractivity contribution in [2.45, 2.75) is 26.7 Å². The molecule has 0 aliphatic heterocycles. The molecule has 0 radical (unpaired) electrons. The predicted molar refractivity (Wildman–Crippen MR) is 46.6 cm³/mol. The van der Waals surface area contributed by atoms with Gasteiger partial charge in [-0.25, -0.2) is 0 Å². The third kappa shape index (κ3) is 5.42. The lowest BCUT2D eigenvalue weighted by molar-refractivity contribution is 0.620. The second-order valence-corrected chi connectivity index (χ2v) is 2.32. The summed E-state index contributed by atoms with van der Waals surface area (Å²) >= 11 is 0. The van der Waals surface area contributed by atoms with Gasteiger partial charge in [0.15, 0.2) is 0 Å². The van der Waals surface area contributed by atoms with Gasteiger partial charge in [0.2, 0.25) is 0 Å². The van der Waals surface area contributed by atoms with Gasteiger partial charge < -0.3 is 4.90 Å². The molecular formula is C9H17N. The van der Waals surface area contributed by atoms with E-state index >= 15 is 0 Å². The Hall–Kier alpha value is -0.720. The van der Waals surface area contributed by atoms with Gasteiger partial charge in [0.05, 0.1) is 0 Å². The summed E-state index contributed by atoms with van der Waals surface area (Å²) in [7, 11) is 2.03. The zero-order chi connectivity index (χ0) is 7.82. The Morgan fingerprint density at radius 1 is 1.30 bits per heavy atom.